The van der Waals surface area contributed by atoms with Crippen molar-refractivity contribution in [2.24, 2.45) is 5.92 Å². The molecule has 0 aromatic heterocycles. The summed E-state index contributed by atoms with van der Waals surface area (Å²) in [5.74, 6) is -0.0293. The molecule has 1 unspecified atom stereocenters. The molecule has 6 nitrogen and oxygen atoms in total. The van der Waals surface area contributed by atoms with Crippen molar-refractivity contribution in [3.05, 3.63) is 72.9 Å². The monoisotopic (exact) mass is 600 g/mol. The van der Waals surface area contributed by atoms with E-state index in [1.54, 1.807) is 6.08 Å². The van der Waals surface area contributed by atoms with Crippen molar-refractivity contribution in [3.8, 4) is 0 Å². The van der Waals surface area contributed by atoms with E-state index in [-0.39, 0.29) is 19.0 Å². The fraction of sp³-hybridized carbons (Fsp3) is 0.622. The average Bonchev–Trinajstić information content (AvgIpc) is 2.98. The second kappa shape index (κ2) is 30.7. The first-order valence-corrected chi connectivity index (χ1v) is 16.5. The number of aliphatic hydroxyl groups excluding tert-OH is 2. The maximum Gasteiger partial charge on any atom is 0.306 e. The molecule has 0 spiro atoms. The van der Waals surface area contributed by atoms with Gasteiger partial charge in [-0.25, -0.2) is 0 Å². The first-order valence-electron chi connectivity index (χ1n) is 16.5. The molecule has 6 heteroatoms. The Morgan fingerprint density at radius 2 is 1.35 bits per heavy atom. The van der Waals surface area contributed by atoms with Crippen molar-refractivity contribution >= 4 is 11.9 Å². The van der Waals surface area contributed by atoms with Gasteiger partial charge in [-0.2, -0.15) is 0 Å². The van der Waals surface area contributed by atoms with Crippen molar-refractivity contribution in [1.82, 2.24) is 0 Å². The lowest BCUT2D eigenvalue weighted by molar-refractivity contribution is -0.161. The lowest BCUT2D eigenvalue weighted by Crippen LogP contribution is -2.28. The molecule has 0 saturated heterocycles. The smallest absolute Gasteiger partial charge is 0.306 e. The summed E-state index contributed by atoms with van der Waals surface area (Å²) in [5, 5.41) is 19.5. The molecule has 0 aliphatic carbocycles. The number of carbonyl (C=O) groups is 2. The zero-order chi connectivity index (χ0) is 31.8. The molecule has 0 aromatic carbocycles. The fourth-order valence-corrected chi connectivity index (χ4v) is 4.02. The molecule has 0 radical (unpaired) electrons. The van der Waals surface area contributed by atoms with Crippen LogP contribution in [0.25, 0.3) is 0 Å². The Morgan fingerprint density at radius 1 is 0.721 bits per heavy atom. The highest BCUT2D eigenvalue weighted by Crippen LogP contribution is 2.12. The molecule has 0 aliphatic rings. The minimum atomic E-state index is -0.855. The molecule has 0 amide bonds. The summed E-state index contributed by atoms with van der Waals surface area (Å²) in [7, 11) is 0. The Morgan fingerprint density at radius 3 is 2.00 bits per heavy atom. The lowest BCUT2D eigenvalue weighted by atomic mass is 10.0. The number of aliphatic hydroxyl groups is 2. The van der Waals surface area contributed by atoms with Gasteiger partial charge in [-0.05, 0) is 50.9 Å². The van der Waals surface area contributed by atoms with Crippen molar-refractivity contribution in [3.63, 3.8) is 0 Å². The van der Waals surface area contributed by atoms with Gasteiger partial charge >= 0.3 is 11.9 Å². The van der Waals surface area contributed by atoms with E-state index in [2.05, 4.69) is 57.2 Å². The van der Waals surface area contributed by atoms with Gasteiger partial charge in [-0.15, -0.1) is 0 Å². The third kappa shape index (κ3) is 30.6. The summed E-state index contributed by atoms with van der Waals surface area (Å²) in [6.07, 6.45) is 35.8. The van der Waals surface area contributed by atoms with Crippen molar-refractivity contribution < 1.29 is 29.3 Å². The molecule has 43 heavy (non-hydrogen) atoms. The van der Waals surface area contributed by atoms with Crippen molar-refractivity contribution in [2.45, 2.75) is 129 Å². The van der Waals surface area contributed by atoms with E-state index in [4.69, 9.17) is 9.47 Å². The van der Waals surface area contributed by atoms with Gasteiger partial charge in [0, 0.05) is 12.8 Å². The molecular weight excluding hydrogens is 540 g/mol. The van der Waals surface area contributed by atoms with Crippen LogP contribution in [0.2, 0.25) is 0 Å². The van der Waals surface area contributed by atoms with E-state index < -0.39 is 24.8 Å². The van der Waals surface area contributed by atoms with E-state index >= 15 is 0 Å². The summed E-state index contributed by atoms with van der Waals surface area (Å²) >= 11 is 0. The summed E-state index contributed by atoms with van der Waals surface area (Å²) < 4.78 is 10.4. The number of rotatable bonds is 27. The summed E-state index contributed by atoms with van der Waals surface area (Å²) in [6.45, 7) is 6.09. The summed E-state index contributed by atoms with van der Waals surface area (Å²) in [6, 6.07) is 0. The van der Waals surface area contributed by atoms with Crippen LogP contribution in [0, 0.1) is 5.92 Å². The SMILES string of the molecule is CC/C=C\C/C=C\C/C=C\C/C=C\C=C/C(O)C/C=C\CCC(=O)O[C@@H](CO)COC(=O)CCCCCCCCC(C)C. The van der Waals surface area contributed by atoms with Gasteiger partial charge < -0.3 is 19.7 Å². The molecule has 0 aromatic rings. The number of ether oxygens (including phenoxy) is 2. The minimum absolute atomic E-state index is 0.135. The van der Waals surface area contributed by atoms with Crippen LogP contribution in [0.4, 0.5) is 0 Å². The second-order valence-electron chi connectivity index (χ2n) is 11.2. The van der Waals surface area contributed by atoms with Gasteiger partial charge in [0.25, 0.3) is 0 Å². The number of allylic oxidation sites excluding steroid dienone is 10. The topological polar surface area (TPSA) is 93.1 Å². The molecule has 0 bridgehead atoms. The Labute approximate surface area is 262 Å². The molecule has 0 fully saturated rings. The van der Waals surface area contributed by atoms with E-state index in [0.29, 0.717) is 19.3 Å². The van der Waals surface area contributed by atoms with Gasteiger partial charge in [0.1, 0.15) is 6.61 Å². The van der Waals surface area contributed by atoms with Crippen molar-refractivity contribution in [2.75, 3.05) is 13.2 Å². The van der Waals surface area contributed by atoms with Crippen LogP contribution < -0.4 is 0 Å². The van der Waals surface area contributed by atoms with Crippen LogP contribution in [0.1, 0.15) is 117 Å². The largest absolute Gasteiger partial charge is 0.462 e. The average molecular weight is 601 g/mol. The molecule has 2 N–H and O–H groups in total. The van der Waals surface area contributed by atoms with E-state index in [1.165, 1.54) is 25.7 Å². The second-order valence-corrected chi connectivity index (χ2v) is 11.2. The van der Waals surface area contributed by atoms with Gasteiger partial charge in [-0.1, -0.05) is 132 Å². The minimum Gasteiger partial charge on any atom is -0.462 e. The molecule has 244 valence electrons. The van der Waals surface area contributed by atoms with Crippen LogP contribution in [0.15, 0.2) is 72.9 Å². The third-order valence-corrected chi connectivity index (χ3v) is 6.54. The number of hydrogen-bond donors (Lipinski definition) is 2. The zero-order valence-corrected chi connectivity index (χ0v) is 27.2. The maximum absolute atomic E-state index is 12.1. The number of carbonyl (C=O) groups excluding carboxylic acids is 2. The van der Waals surface area contributed by atoms with Crippen LogP contribution in [0.3, 0.4) is 0 Å². The fourth-order valence-electron chi connectivity index (χ4n) is 4.02. The maximum atomic E-state index is 12.1. The van der Waals surface area contributed by atoms with E-state index in [1.807, 2.05) is 30.4 Å². The predicted octanol–water partition coefficient (Wildman–Crippen LogP) is 8.66. The summed E-state index contributed by atoms with van der Waals surface area (Å²) in [5.41, 5.74) is 0. The lowest BCUT2D eigenvalue weighted by Gasteiger charge is -2.15. The Hall–Kier alpha value is -2.70. The summed E-state index contributed by atoms with van der Waals surface area (Å²) in [4.78, 5) is 24.0. The Bertz CT molecular complexity index is 849. The number of esters is 2. The molecule has 0 aliphatic heterocycles. The Balaban J connectivity index is 3.92. The van der Waals surface area contributed by atoms with Gasteiger partial charge in [-0.3, -0.25) is 9.59 Å². The van der Waals surface area contributed by atoms with Crippen molar-refractivity contribution in [1.29, 1.82) is 0 Å². The normalized spacial score (nSPS) is 14.0. The molecule has 0 rings (SSSR count). The number of unbranched alkanes of at least 4 members (excludes halogenated alkanes) is 5. The third-order valence-electron chi connectivity index (χ3n) is 6.54. The quantitative estimate of drug-likeness (QED) is 0.0424. The highest BCUT2D eigenvalue weighted by molar-refractivity contribution is 5.70. The molecular formula is C37H60O6. The van der Waals surface area contributed by atoms with Gasteiger partial charge in [0.15, 0.2) is 6.10 Å². The molecule has 2 atom stereocenters. The molecule has 0 saturated carbocycles. The predicted molar refractivity (Wildman–Crippen MR) is 179 cm³/mol. The first-order chi connectivity index (χ1) is 20.9. The zero-order valence-electron chi connectivity index (χ0n) is 27.2. The van der Waals surface area contributed by atoms with E-state index in [9.17, 15) is 19.8 Å². The first kappa shape index (κ1) is 40.3. The highest BCUT2D eigenvalue weighted by atomic mass is 16.6. The Kier molecular flexibility index (Phi) is 28.8. The highest BCUT2D eigenvalue weighted by Gasteiger charge is 2.15. The number of hydrogen-bond acceptors (Lipinski definition) is 6. The van der Waals surface area contributed by atoms with Gasteiger partial charge in [0.05, 0.1) is 12.7 Å². The van der Waals surface area contributed by atoms with Crippen LogP contribution in [-0.4, -0.2) is 47.6 Å². The van der Waals surface area contributed by atoms with Crippen LogP contribution in [-0.2, 0) is 19.1 Å². The van der Waals surface area contributed by atoms with Crippen LogP contribution in [0.5, 0.6) is 0 Å². The standard InChI is InChI=1S/C37H60O6/c1-4-5-6-7-8-9-10-11-12-13-14-18-22-27-34(39)28-23-20-25-30-37(41)43-35(31-38)32-42-36(40)29-24-19-16-15-17-21-26-33(2)3/h5-6,8-9,11-12,14,18,20,22-23,27,33-35,38-39H,4,7,10,13,15-17,19,21,24-26,28-32H2,1-3H3/b6-5-,9-8-,12-11-,18-14-,23-20-,27-22-/t34?,35-/m0/s1. The van der Waals surface area contributed by atoms with Crippen LogP contribution >= 0.6 is 0 Å². The van der Waals surface area contributed by atoms with E-state index in [0.717, 1.165) is 50.9 Å². The van der Waals surface area contributed by atoms with Gasteiger partial charge in [0.2, 0.25) is 0 Å². The molecule has 0 heterocycles.